The zero-order valence-electron chi connectivity index (χ0n) is 17.5. The van der Waals surface area contributed by atoms with Crippen molar-refractivity contribution in [1.29, 1.82) is 0 Å². The van der Waals surface area contributed by atoms with Crippen LogP contribution in [0.5, 0.6) is 11.8 Å². The van der Waals surface area contributed by atoms with Gasteiger partial charge in [0.1, 0.15) is 5.82 Å². The summed E-state index contributed by atoms with van der Waals surface area (Å²) in [6.07, 6.45) is 3.59. The monoisotopic (exact) mass is 458 g/mol. The number of imidazole rings is 1. The van der Waals surface area contributed by atoms with Crippen LogP contribution in [0.4, 0.5) is 11.5 Å². The zero-order valence-corrected chi connectivity index (χ0v) is 19.1. The van der Waals surface area contributed by atoms with Crippen molar-refractivity contribution in [2.24, 2.45) is 0 Å². The average molecular weight is 459 g/mol. The van der Waals surface area contributed by atoms with E-state index in [0.29, 0.717) is 33.6 Å². The number of methoxy groups -OCH3 is 2. The molecule has 0 saturated heterocycles. The van der Waals surface area contributed by atoms with Crippen LogP contribution in [0.25, 0.3) is 0 Å². The number of allylic oxidation sites excluding steroid dienone is 1. The molecule has 0 aliphatic carbocycles. The summed E-state index contributed by atoms with van der Waals surface area (Å²) in [6.45, 7) is 6.20. The summed E-state index contributed by atoms with van der Waals surface area (Å²) in [4.78, 5) is 17.3. The Morgan fingerprint density at radius 2 is 2.06 bits per heavy atom. The fraction of sp³-hybridized carbons (Fsp3) is 0.227. The second-order valence-corrected chi connectivity index (χ2v) is 7.47. The maximum Gasteiger partial charge on any atom is 0.227 e. The van der Waals surface area contributed by atoms with Gasteiger partial charge in [-0.3, -0.25) is 9.36 Å². The van der Waals surface area contributed by atoms with Crippen LogP contribution >= 0.6 is 23.8 Å². The van der Waals surface area contributed by atoms with Gasteiger partial charge in [-0.15, -0.1) is 6.58 Å². The molecule has 1 N–H and O–H groups in total. The van der Waals surface area contributed by atoms with Crippen LogP contribution in [0, 0.1) is 11.7 Å². The highest BCUT2D eigenvalue weighted by Gasteiger charge is 2.19. The number of pyridine rings is 1. The highest BCUT2D eigenvalue weighted by Crippen LogP contribution is 2.28. The molecule has 0 saturated carbocycles. The number of aromatic nitrogens is 3. The molecule has 0 radical (unpaired) electrons. The van der Waals surface area contributed by atoms with E-state index in [0.717, 1.165) is 11.3 Å². The van der Waals surface area contributed by atoms with E-state index < -0.39 is 0 Å². The van der Waals surface area contributed by atoms with E-state index in [-0.39, 0.29) is 18.2 Å². The fourth-order valence-electron chi connectivity index (χ4n) is 3.07. The van der Waals surface area contributed by atoms with Gasteiger partial charge in [0.25, 0.3) is 0 Å². The van der Waals surface area contributed by atoms with Gasteiger partial charge in [-0.1, -0.05) is 23.7 Å². The minimum atomic E-state index is -0.203. The predicted octanol–water partition coefficient (Wildman–Crippen LogP) is 5.21. The maximum absolute atomic E-state index is 13.1. The summed E-state index contributed by atoms with van der Waals surface area (Å²) >= 11 is 11.9. The van der Waals surface area contributed by atoms with Gasteiger partial charge in [0.2, 0.25) is 11.8 Å². The predicted molar refractivity (Wildman–Crippen MR) is 125 cm³/mol. The van der Waals surface area contributed by atoms with Crippen molar-refractivity contribution in [3.05, 3.63) is 70.1 Å². The minimum absolute atomic E-state index is 0.00467. The molecule has 0 bridgehead atoms. The Morgan fingerprint density at radius 3 is 2.74 bits per heavy atom. The number of carbonyl (C=O) groups excluding carboxylic acids is 1. The van der Waals surface area contributed by atoms with E-state index in [1.165, 1.54) is 14.2 Å². The lowest BCUT2D eigenvalue weighted by molar-refractivity contribution is 0.0968. The summed E-state index contributed by atoms with van der Waals surface area (Å²) in [6, 6.07) is 8.84. The van der Waals surface area contributed by atoms with Crippen molar-refractivity contribution < 1.29 is 14.3 Å². The number of hydrogen-bond acceptors (Lipinski definition) is 6. The van der Waals surface area contributed by atoms with Crippen molar-refractivity contribution in [2.75, 3.05) is 19.5 Å². The number of nitrogens with zero attached hydrogens (tertiary/aromatic N) is 3. The quantitative estimate of drug-likeness (QED) is 0.270. The standard InChI is InChI=1S/C22H23ClN4O3S/c1-5-11-26-13-19(24-17-8-6-7-16(23)14(17)2)27(22(26)31)12-18(28)15-9-10-20(29-3)25-21(15)30-4/h5-10,13,24H,1,11-12H2,2-4H3. The normalized spacial score (nSPS) is 10.6. The number of anilines is 2. The summed E-state index contributed by atoms with van der Waals surface area (Å²) in [5.74, 6) is 1.01. The van der Waals surface area contributed by atoms with Crippen LogP contribution in [0.1, 0.15) is 15.9 Å². The van der Waals surface area contributed by atoms with Crippen LogP contribution in [-0.4, -0.2) is 34.1 Å². The van der Waals surface area contributed by atoms with Crippen molar-refractivity contribution >= 4 is 41.1 Å². The third-order valence-corrected chi connectivity index (χ3v) is 5.61. The Morgan fingerprint density at radius 1 is 1.29 bits per heavy atom. The Hall–Kier alpha value is -3.10. The average Bonchev–Trinajstić information content (AvgIpc) is 3.05. The Balaban J connectivity index is 2.00. The third-order valence-electron chi connectivity index (χ3n) is 4.74. The van der Waals surface area contributed by atoms with Gasteiger partial charge in [-0.25, -0.2) is 0 Å². The number of ether oxygens (including phenoxy) is 2. The molecule has 162 valence electrons. The van der Waals surface area contributed by atoms with Gasteiger partial charge in [-0.2, -0.15) is 4.98 Å². The van der Waals surface area contributed by atoms with E-state index in [2.05, 4.69) is 16.9 Å². The number of ketones is 1. The van der Waals surface area contributed by atoms with Gasteiger partial charge in [-0.05, 0) is 42.9 Å². The van der Waals surface area contributed by atoms with Gasteiger partial charge in [0, 0.05) is 29.5 Å². The van der Waals surface area contributed by atoms with Crippen LogP contribution in [0.3, 0.4) is 0 Å². The highest BCUT2D eigenvalue weighted by atomic mass is 35.5. The van der Waals surface area contributed by atoms with E-state index in [4.69, 9.17) is 33.3 Å². The third kappa shape index (κ3) is 4.81. The molecule has 0 aliphatic rings. The van der Waals surface area contributed by atoms with Crippen LogP contribution in [0.2, 0.25) is 5.02 Å². The lowest BCUT2D eigenvalue weighted by atomic mass is 10.1. The van der Waals surface area contributed by atoms with Gasteiger partial charge in [0.05, 0.1) is 26.3 Å². The number of nitrogens with one attached hydrogen (secondary N) is 1. The number of benzene rings is 1. The molecule has 0 atom stereocenters. The number of rotatable bonds is 9. The molecule has 0 fully saturated rings. The second-order valence-electron chi connectivity index (χ2n) is 6.70. The van der Waals surface area contributed by atoms with E-state index in [1.54, 1.807) is 22.8 Å². The summed E-state index contributed by atoms with van der Waals surface area (Å²) in [7, 11) is 2.96. The van der Waals surface area contributed by atoms with E-state index in [9.17, 15) is 4.79 Å². The van der Waals surface area contributed by atoms with Crippen molar-refractivity contribution in [3.63, 3.8) is 0 Å². The summed E-state index contributed by atoms with van der Waals surface area (Å²) < 4.78 is 14.4. The molecule has 2 aromatic heterocycles. The molecule has 0 amide bonds. The molecular weight excluding hydrogens is 436 g/mol. The van der Waals surface area contributed by atoms with Gasteiger partial charge < -0.3 is 19.4 Å². The highest BCUT2D eigenvalue weighted by molar-refractivity contribution is 7.71. The molecule has 3 rings (SSSR count). The van der Waals surface area contributed by atoms with Gasteiger partial charge >= 0.3 is 0 Å². The van der Waals surface area contributed by atoms with Crippen LogP contribution in [-0.2, 0) is 13.1 Å². The fourth-order valence-corrected chi connectivity index (χ4v) is 3.53. The van der Waals surface area contributed by atoms with E-state index in [1.807, 2.05) is 35.9 Å². The Bertz CT molecular complexity index is 1190. The molecule has 9 heteroatoms. The zero-order chi connectivity index (χ0) is 22.5. The molecule has 0 unspecified atom stereocenters. The first-order valence-electron chi connectivity index (χ1n) is 9.44. The smallest absolute Gasteiger partial charge is 0.227 e. The lowest BCUT2D eigenvalue weighted by Crippen LogP contribution is -2.15. The molecule has 7 nitrogen and oxygen atoms in total. The number of halogens is 1. The topological polar surface area (TPSA) is 70.3 Å². The first-order chi connectivity index (χ1) is 14.9. The molecule has 2 heterocycles. The van der Waals surface area contributed by atoms with Crippen LogP contribution < -0.4 is 14.8 Å². The second kappa shape index (κ2) is 9.80. The first kappa shape index (κ1) is 22.6. The SMILES string of the molecule is C=CCn1cc(Nc2cccc(Cl)c2C)n(CC(=O)c2ccc(OC)nc2OC)c1=S. The molecular formula is C22H23ClN4O3S. The largest absolute Gasteiger partial charge is 0.481 e. The van der Waals surface area contributed by atoms with Crippen molar-refractivity contribution in [2.45, 2.75) is 20.0 Å². The number of carbonyl (C=O) groups is 1. The maximum atomic E-state index is 13.1. The van der Waals surface area contributed by atoms with Crippen LogP contribution in [0.15, 0.2) is 49.2 Å². The lowest BCUT2D eigenvalue weighted by Gasteiger charge is -2.13. The van der Waals surface area contributed by atoms with Crippen molar-refractivity contribution in [1.82, 2.24) is 14.1 Å². The first-order valence-corrected chi connectivity index (χ1v) is 10.2. The minimum Gasteiger partial charge on any atom is -0.481 e. The molecule has 31 heavy (non-hydrogen) atoms. The molecule has 3 aromatic rings. The van der Waals surface area contributed by atoms with Gasteiger partial charge in [0.15, 0.2) is 10.6 Å². The van der Waals surface area contributed by atoms with Crippen molar-refractivity contribution in [3.8, 4) is 11.8 Å². The number of hydrogen-bond donors (Lipinski definition) is 1. The molecule has 1 aromatic carbocycles. The molecule has 0 aliphatic heterocycles. The van der Waals surface area contributed by atoms with E-state index >= 15 is 0 Å². The Kier molecular flexibility index (Phi) is 7.14. The summed E-state index contributed by atoms with van der Waals surface area (Å²) in [5.41, 5.74) is 2.06. The number of Topliss-reactive ketones (excluding diaryl/α,β-unsaturated/α-hetero) is 1. The molecule has 0 spiro atoms. The Labute approximate surface area is 190 Å². The summed E-state index contributed by atoms with van der Waals surface area (Å²) in [5, 5.41) is 3.99.